The first-order valence-corrected chi connectivity index (χ1v) is 8.17. The lowest BCUT2D eigenvalue weighted by Gasteiger charge is -2.35. The van der Waals surface area contributed by atoms with E-state index in [1.807, 2.05) is 20.8 Å². The minimum absolute atomic E-state index is 0.134. The van der Waals surface area contributed by atoms with E-state index < -0.39 is 5.60 Å². The molecule has 0 aromatic heterocycles. The molecule has 0 radical (unpaired) electrons. The highest BCUT2D eigenvalue weighted by Gasteiger charge is 2.33. The molecule has 2 rings (SSSR count). The van der Waals surface area contributed by atoms with Crippen LogP contribution in [0.25, 0.3) is 0 Å². The number of alkyl halides is 1. The van der Waals surface area contributed by atoms with Crippen LogP contribution in [0, 0.1) is 0 Å². The molecule has 0 aliphatic carbocycles. The number of carbonyl (C=O) groups excluding carboxylic acids is 2. The molecule has 21 heavy (non-hydrogen) atoms. The Hall–Kier alpha value is -0.820. The van der Waals surface area contributed by atoms with Gasteiger partial charge >= 0.3 is 6.09 Å². The van der Waals surface area contributed by atoms with Gasteiger partial charge in [-0.05, 0) is 20.8 Å². The molecule has 2 fully saturated rings. The summed E-state index contributed by atoms with van der Waals surface area (Å²) in [6, 6.07) is 0. The summed E-state index contributed by atoms with van der Waals surface area (Å²) in [6.07, 6.45) is 0.0672. The van der Waals surface area contributed by atoms with Gasteiger partial charge in [0.15, 0.2) is 0 Å². The number of ether oxygens (including phenoxy) is 2. The van der Waals surface area contributed by atoms with E-state index in [-0.39, 0.29) is 22.9 Å². The number of rotatable bonds is 2. The molecule has 0 N–H and O–H groups in total. The SMILES string of the molecule is CC(C)(C)OC(=O)N1CCO[C@H](CN2CC(Br)CC2=O)C1. The maximum absolute atomic E-state index is 12.1. The van der Waals surface area contributed by atoms with Crippen LogP contribution in [0.2, 0.25) is 0 Å². The summed E-state index contributed by atoms with van der Waals surface area (Å²) in [7, 11) is 0. The fourth-order valence-electron chi connectivity index (χ4n) is 2.47. The highest BCUT2D eigenvalue weighted by Crippen LogP contribution is 2.20. The molecule has 2 amide bonds. The molecule has 0 saturated carbocycles. The van der Waals surface area contributed by atoms with E-state index in [1.54, 1.807) is 9.80 Å². The fourth-order valence-corrected chi connectivity index (χ4v) is 3.09. The van der Waals surface area contributed by atoms with E-state index in [1.165, 1.54) is 0 Å². The highest BCUT2D eigenvalue weighted by atomic mass is 79.9. The Kier molecular flexibility index (Phi) is 5.14. The number of hydrogen-bond donors (Lipinski definition) is 0. The van der Waals surface area contributed by atoms with Crippen LogP contribution in [-0.4, -0.2) is 71.1 Å². The summed E-state index contributed by atoms with van der Waals surface area (Å²) in [5, 5.41) is 0. The van der Waals surface area contributed by atoms with Gasteiger partial charge in [-0.3, -0.25) is 4.79 Å². The first-order chi connectivity index (χ1) is 9.74. The summed E-state index contributed by atoms with van der Waals surface area (Å²) < 4.78 is 11.1. The first kappa shape index (κ1) is 16.5. The zero-order valence-electron chi connectivity index (χ0n) is 12.8. The third kappa shape index (κ3) is 4.85. The Morgan fingerprint density at radius 2 is 2.14 bits per heavy atom. The van der Waals surface area contributed by atoms with Crippen molar-refractivity contribution in [2.24, 2.45) is 0 Å². The maximum atomic E-state index is 12.1. The van der Waals surface area contributed by atoms with Crippen LogP contribution < -0.4 is 0 Å². The van der Waals surface area contributed by atoms with Gasteiger partial charge in [-0.1, -0.05) is 15.9 Å². The summed E-state index contributed by atoms with van der Waals surface area (Å²) in [4.78, 5) is 27.5. The van der Waals surface area contributed by atoms with Crippen molar-refractivity contribution in [3.63, 3.8) is 0 Å². The Morgan fingerprint density at radius 3 is 2.71 bits per heavy atom. The molecule has 0 aromatic rings. The van der Waals surface area contributed by atoms with E-state index in [0.29, 0.717) is 39.2 Å². The normalized spacial score (nSPS) is 27.1. The summed E-state index contributed by atoms with van der Waals surface area (Å²) >= 11 is 3.46. The zero-order chi connectivity index (χ0) is 15.6. The molecule has 0 bridgehead atoms. The lowest BCUT2D eigenvalue weighted by Crippen LogP contribution is -2.51. The van der Waals surface area contributed by atoms with Gasteiger partial charge in [0.05, 0.1) is 19.3 Å². The van der Waals surface area contributed by atoms with E-state index in [4.69, 9.17) is 9.47 Å². The number of morpholine rings is 1. The molecule has 7 heteroatoms. The highest BCUT2D eigenvalue weighted by molar-refractivity contribution is 9.09. The molecular formula is C14H23BrN2O4. The minimum atomic E-state index is -0.501. The summed E-state index contributed by atoms with van der Waals surface area (Å²) in [6.45, 7) is 8.24. The van der Waals surface area contributed by atoms with Crippen molar-refractivity contribution >= 4 is 27.9 Å². The lowest BCUT2D eigenvalue weighted by molar-refractivity contribution is -0.130. The van der Waals surface area contributed by atoms with Gasteiger partial charge in [-0.25, -0.2) is 4.79 Å². The summed E-state index contributed by atoms with van der Waals surface area (Å²) in [5.41, 5.74) is -0.501. The molecule has 2 heterocycles. The van der Waals surface area contributed by atoms with Crippen molar-refractivity contribution in [1.29, 1.82) is 0 Å². The second-order valence-electron chi connectivity index (χ2n) is 6.52. The third-order valence-electron chi connectivity index (χ3n) is 3.38. The molecule has 2 aliphatic heterocycles. The average molecular weight is 363 g/mol. The van der Waals surface area contributed by atoms with Crippen molar-refractivity contribution in [1.82, 2.24) is 9.80 Å². The van der Waals surface area contributed by atoms with E-state index in [9.17, 15) is 9.59 Å². The van der Waals surface area contributed by atoms with Gasteiger partial charge in [0.2, 0.25) is 5.91 Å². The van der Waals surface area contributed by atoms with Gasteiger partial charge in [-0.2, -0.15) is 0 Å². The van der Waals surface area contributed by atoms with Crippen LogP contribution in [0.1, 0.15) is 27.2 Å². The van der Waals surface area contributed by atoms with Crippen molar-refractivity contribution < 1.29 is 19.1 Å². The van der Waals surface area contributed by atoms with Crippen LogP contribution in [0.3, 0.4) is 0 Å². The molecule has 120 valence electrons. The number of amides is 2. The molecule has 0 aromatic carbocycles. The summed E-state index contributed by atoms with van der Waals surface area (Å²) in [5.74, 6) is 0.134. The Bertz CT molecular complexity index is 410. The second-order valence-corrected chi connectivity index (χ2v) is 7.81. The molecular weight excluding hydrogens is 340 g/mol. The van der Waals surface area contributed by atoms with Crippen LogP contribution in [0.15, 0.2) is 0 Å². The quantitative estimate of drug-likeness (QED) is 0.700. The monoisotopic (exact) mass is 362 g/mol. The van der Waals surface area contributed by atoms with E-state index >= 15 is 0 Å². The molecule has 2 atom stereocenters. The van der Waals surface area contributed by atoms with Crippen LogP contribution in [0.5, 0.6) is 0 Å². The van der Waals surface area contributed by atoms with Crippen LogP contribution in [0.4, 0.5) is 4.79 Å². The smallest absolute Gasteiger partial charge is 0.410 e. The van der Waals surface area contributed by atoms with Crippen molar-refractivity contribution in [2.75, 3.05) is 32.8 Å². The molecule has 6 nitrogen and oxygen atoms in total. The molecule has 0 spiro atoms. The number of likely N-dealkylation sites (tertiary alicyclic amines) is 1. The Labute approximate surface area is 133 Å². The first-order valence-electron chi connectivity index (χ1n) is 7.26. The van der Waals surface area contributed by atoms with Crippen LogP contribution >= 0.6 is 15.9 Å². The van der Waals surface area contributed by atoms with Gasteiger partial charge in [-0.15, -0.1) is 0 Å². The molecule has 2 aliphatic rings. The zero-order valence-corrected chi connectivity index (χ0v) is 14.4. The molecule has 2 saturated heterocycles. The number of carbonyl (C=O) groups is 2. The molecule has 1 unspecified atom stereocenters. The van der Waals surface area contributed by atoms with Crippen molar-refractivity contribution in [3.8, 4) is 0 Å². The second kappa shape index (κ2) is 6.52. The third-order valence-corrected chi connectivity index (χ3v) is 4.00. The van der Waals surface area contributed by atoms with Gasteiger partial charge in [0.1, 0.15) is 5.60 Å². The number of halogens is 1. The predicted molar refractivity (Wildman–Crippen MR) is 81.5 cm³/mol. The number of nitrogens with zero attached hydrogens (tertiary/aromatic N) is 2. The Balaban J connectivity index is 1.86. The number of hydrogen-bond acceptors (Lipinski definition) is 4. The predicted octanol–water partition coefficient (Wildman–Crippen LogP) is 1.62. The van der Waals surface area contributed by atoms with Gasteiger partial charge in [0, 0.05) is 30.9 Å². The van der Waals surface area contributed by atoms with Crippen molar-refractivity contribution in [2.45, 2.75) is 43.7 Å². The van der Waals surface area contributed by atoms with Crippen molar-refractivity contribution in [3.05, 3.63) is 0 Å². The van der Waals surface area contributed by atoms with Gasteiger partial charge < -0.3 is 19.3 Å². The van der Waals surface area contributed by atoms with E-state index in [0.717, 1.165) is 0 Å². The average Bonchev–Trinajstić information content (AvgIpc) is 2.66. The lowest BCUT2D eigenvalue weighted by atomic mass is 10.2. The topological polar surface area (TPSA) is 59.1 Å². The largest absolute Gasteiger partial charge is 0.444 e. The minimum Gasteiger partial charge on any atom is -0.444 e. The van der Waals surface area contributed by atoms with Crippen LogP contribution in [-0.2, 0) is 14.3 Å². The fraction of sp³-hybridized carbons (Fsp3) is 0.857. The van der Waals surface area contributed by atoms with E-state index in [2.05, 4.69) is 15.9 Å². The maximum Gasteiger partial charge on any atom is 0.410 e. The standard InChI is InChI=1S/C14H23BrN2O4/c1-14(2,3)21-13(19)16-4-5-20-11(8-16)9-17-7-10(15)6-12(17)18/h10-11H,4-9H2,1-3H3/t10?,11-/m0/s1. The Morgan fingerprint density at radius 1 is 1.43 bits per heavy atom. The van der Waals surface area contributed by atoms with Gasteiger partial charge in [0.25, 0.3) is 0 Å².